The van der Waals surface area contributed by atoms with Crippen molar-refractivity contribution in [2.45, 2.75) is 25.3 Å². The lowest BCUT2D eigenvalue weighted by Crippen LogP contribution is -2.55. The first-order valence-electron chi connectivity index (χ1n) is 6.29. The summed E-state index contributed by atoms with van der Waals surface area (Å²) in [4.78, 5) is 13.5. The van der Waals surface area contributed by atoms with E-state index in [4.69, 9.17) is 0 Å². The van der Waals surface area contributed by atoms with Crippen LogP contribution < -0.4 is 4.90 Å². The average Bonchev–Trinajstić information content (AvgIpc) is 2.38. The summed E-state index contributed by atoms with van der Waals surface area (Å²) in [7, 11) is 0. The number of halogens is 1. The molecule has 3 rings (SSSR count). The molecule has 5 heteroatoms. The molecule has 1 unspecified atom stereocenters. The van der Waals surface area contributed by atoms with Crippen molar-refractivity contribution >= 4 is 21.7 Å². The highest BCUT2D eigenvalue weighted by Crippen LogP contribution is 2.24. The van der Waals surface area contributed by atoms with E-state index in [1.54, 1.807) is 6.33 Å². The molecule has 92 valence electrons. The van der Waals surface area contributed by atoms with Crippen LogP contribution in [0, 0.1) is 0 Å². The fourth-order valence-electron chi connectivity index (χ4n) is 2.86. The fourth-order valence-corrected chi connectivity index (χ4v) is 3.16. The minimum absolute atomic E-state index is 0.728. The highest BCUT2D eigenvalue weighted by molar-refractivity contribution is 9.10. The largest absolute Gasteiger partial charge is 0.354 e. The van der Waals surface area contributed by atoms with E-state index in [1.165, 1.54) is 32.4 Å². The molecule has 0 N–H and O–H groups in total. The third kappa shape index (κ3) is 2.45. The van der Waals surface area contributed by atoms with Crippen molar-refractivity contribution in [3.63, 3.8) is 0 Å². The van der Waals surface area contributed by atoms with E-state index in [0.717, 1.165) is 29.6 Å². The summed E-state index contributed by atoms with van der Waals surface area (Å²) in [6.45, 7) is 4.65. The van der Waals surface area contributed by atoms with E-state index in [9.17, 15) is 0 Å². The molecule has 0 spiro atoms. The van der Waals surface area contributed by atoms with E-state index >= 15 is 0 Å². The molecule has 2 saturated heterocycles. The maximum absolute atomic E-state index is 4.37. The van der Waals surface area contributed by atoms with Gasteiger partial charge in [0.05, 0.1) is 0 Å². The molecule has 1 aromatic rings. The number of anilines is 1. The first kappa shape index (κ1) is 11.4. The Balaban J connectivity index is 1.73. The van der Waals surface area contributed by atoms with Gasteiger partial charge in [0.1, 0.15) is 16.7 Å². The normalized spacial score (nSPS) is 25.7. The van der Waals surface area contributed by atoms with Crippen molar-refractivity contribution < 1.29 is 0 Å². The van der Waals surface area contributed by atoms with Crippen molar-refractivity contribution in [3.8, 4) is 0 Å². The van der Waals surface area contributed by atoms with Crippen molar-refractivity contribution in [2.75, 3.05) is 31.1 Å². The molecular weight excluding hydrogens is 280 g/mol. The second-order valence-electron chi connectivity index (χ2n) is 4.83. The summed E-state index contributed by atoms with van der Waals surface area (Å²) in [6, 6.07) is 2.74. The van der Waals surface area contributed by atoms with Gasteiger partial charge in [0, 0.05) is 31.7 Å². The highest BCUT2D eigenvalue weighted by atomic mass is 79.9. The Morgan fingerprint density at radius 1 is 1.18 bits per heavy atom. The molecule has 4 nitrogen and oxygen atoms in total. The Morgan fingerprint density at radius 2 is 2.12 bits per heavy atom. The molecule has 2 aliphatic heterocycles. The minimum Gasteiger partial charge on any atom is -0.354 e. The Morgan fingerprint density at radius 3 is 3.00 bits per heavy atom. The molecule has 1 atom stereocenters. The lowest BCUT2D eigenvalue weighted by Gasteiger charge is -2.44. The van der Waals surface area contributed by atoms with Crippen LogP contribution in [0.4, 0.5) is 5.82 Å². The van der Waals surface area contributed by atoms with Crippen LogP contribution in [-0.4, -0.2) is 47.1 Å². The van der Waals surface area contributed by atoms with Gasteiger partial charge >= 0.3 is 0 Å². The molecule has 3 heterocycles. The first-order chi connectivity index (χ1) is 8.33. The van der Waals surface area contributed by atoms with Crippen LogP contribution in [0.2, 0.25) is 0 Å². The van der Waals surface area contributed by atoms with Crippen LogP contribution in [0.3, 0.4) is 0 Å². The van der Waals surface area contributed by atoms with Crippen LogP contribution in [0.25, 0.3) is 0 Å². The molecule has 0 radical (unpaired) electrons. The summed E-state index contributed by atoms with van der Waals surface area (Å²) in [5.74, 6) is 1.05. The van der Waals surface area contributed by atoms with Crippen LogP contribution in [0.5, 0.6) is 0 Å². The van der Waals surface area contributed by atoms with E-state index in [-0.39, 0.29) is 0 Å². The standard InChI is InChI=1S/C12H17BrN4/c13-11-7-12(15-9-14-11)17-6-5-16-4-2-1-3-10(16)8-17/h7,9-10H,1-6,8H2. The SMILES string of the molecule is Brc1cc(N2CCN3CCCCC3C2)ncn1. The van der Waals surface area contributed by atoms with E-state index in [1.807, 2.05) is 6.07 Å². The number of aromatic nitrogens is 2. The van der Waals surface area contributed by atoms with E-state index < -0.39 is 0 Å². The summed E-state index contributed by atoms with van der Waals surface area (Å²) in [6.07, 6.45) is 5.72. The number of hydrogen-bond donors (Lipinski definition) is 0. The van der Waals surface area contributed by atoms with Crippen LogP contribution in [-0.2, 0) is 0 Å². The average molecular weight is 297 g/mol. The second-order valence-corrected chi connectivity index (χ2v) is 5.64. The highest BCUT2D eigenvalue weighted by Gasteiger charge is 2.29. The Hall–Kier alpha value is -0.680. The quantitative estimate of drug-likeness (QED) is 0.741. The summed E-state index contributed by atoms with van der Waals surface area (Å²) < 4.78 is 0.869. The molecule has 2 aliphatic rings. The number of fused-ring (bicyclic) bond motifs is 1. The Labute approximate surface area is 110 Å². The maximum Gasteiger partial charge on any atom is 0.133 e. The summed E-state index contributed by atoms with van der Waals surface area (Å²) in [5.41, 5.74) is 0. The zero-order valence-electron chi connectivity index (χ0n) is 9.85. The van der Waals surface area contributed by atoms with E-state index in [2.05, 4.69) is 35.7 Å². The third-order valence-corrected chi connectivity index (χ3v) is 4.21. The predicted molar refractivity (Wildman–Crippen MR) is 71.2 cm³/mol. The second kappa shape index (κ2) is 4.90. The number of nitrogens with zero attached hydrogens (tertiary/aromatic N) is 4. The molecule has 0 aromatic carbocycles. The molecule has 17 heavy (non-hydrogen) atoms. The predicted octanol–water partition coefficient (Wildman–Crippen LogP) is 1.91. The Kier molecular flexibility index (Phi) is 3.29. The molecule has 1 aromatic heterocycles. The molecule has 0 aliphatic carbocycles. The van der Waals surface area contributed by atoms with Gasteiger partial charge in [-0.25, -0.2) is 9.97 Å². The maximum atomic E-state index is 4.37. The lowest BCUT2D eigenvalue weighted by molar-refractivity contribution is 0.133. The molecule has 0 bridgehead atoms. The van der Waals surface area contributed by atoms with Crippen molar-refractivity contribution in [1.29, 1.82) is 0 Å². The van der Waals surface area contributed by atoms with Gasteiger partial charge in [-0.05, 0) is 35.3 Å². The topological polar surface area (TPSA) is 32.3 Å². The van der Waals surface area contributed by atoms with Gasteiger partial charge in [-0.2, -0.15) is 0 Å². The monoisotopic (exact) mass is 296 g/mol. The number of rotatable bonds is 1. The van der Waals surface area contributed by atoms with Crippen molar-refractivity contribution in [1.82, 2.24) is 14.9 Å². The molecular formula is C12H17BrN4. The summed E-state index contributed by atoms with van der Waals surface area (Å²) >= 11 is 3.41. The third-order valence-electron chi connectivity index (χ3n) is 3.78. The van der Waals surface area contributed by atoms with Gasteiger partial charge in [0.25, 0.3) is 0 Å². The van der Waals surface area contributed by atoms with Crippen LogP contribution >= 0.6 is 15.9 Å². The minimum atomic E-state index is 0.728. The zero-order valence-corrected chi connectivity index (χ0v) is 11.4. The lowest BCUT2D eigenvalue weighted by atomic mass is 9.99. The van der Waals surface area contributed by atoms with Gasteiger partial charge in [-0.15, -0.1) is 0 Å². The molecule has 2 fully saturated rings. The van der Waals surface area contributed by atoms with Gasteiger partial charge in [-0.1, -0.05) is 6.42 Å². The molecule has 0 amide bonds. The summed E-state index contributed by atoms with van der Waals surface area (Å²) in [5, 5.41) is 0. The van der Waals surface area contributed by atoms with Gasteiger partial charge in [-0.3, -0.25) is 4.90 Å². The van der Waals surface area contributed by atoms with Crippen LogP contribution in [0.15, 0.2) is 17.0 Å². The smallest absolute Gasteiger partial charge is 0.133 e. The Bertz CT molecular complexity index is 398. The van der Waals surface area contributed by atoms with Gasteiger partial charge < -0.3 is 4.90 Å². The van der Waals surface area contributed by atoms with Gasteiger partial charge in [0.15, 0.2) is 0 Å². The fraction of sp³-hybridized carbons (Fsp3) is 0.667. The van der Waals surface area contributed by atoms with Crippen molar-refractivity contribution in [3.05, 3.63) is 17.0 Å². The number of hydrogen-bond acceptors (Lipinski definition) is 4. The first-order valence-corrected chi connectivity index (χ1v) is 7.09. The van der Waals surface area contributed by atoms with Crippen LogP contribution in [0.1, 0.15) is 19.3 Å². The zero-order chi connectivity index (χ0) is 11.7. The van der Waals surface area contributed by atoms with E-state index in [0.29, 0.717) is 0 Å². The number of piperazine rings is 1. The van der Waals surface area contributed by atoms with Crippen molar-refractivity contribution in [2.24, 2.45) is 0 Å². The number of piperidine rings is 1. The van der Waals surface area contributed by atoms with Gasteiger partial charge in [0.2, 0.25) is 0 Å². The molecule has 0 saturated carbocycles.